The van der Waals surface area contributed by atoms with E-state index in [2.05, 4.69) is 59.2 Å². The van der Waals surface area contributed by atoms with Crippen molar-refractivity contribution < 1.29 is 19.2 Å². The lowest BCUT2D eigenvalue weighted by molar-refractivity contribution is -0.138. The van der Waals surface area contributed by atoms with Gasteiger partial charge < -0.3 is 20.4 Å². The Labute approximate surface area is 369 Å². The molecule has 314 valence electrons. The van der Waals surface area contributed by atoms with Crippen LogP contribution in [0.25, 0.3) is 32.0 Å². The molecule has 4 atom stereocenters. The molecule has 12 heteroatoms. The molecule has 4 unspecified atom stereocenters. The van der Waals surface area contributed by atoms with Crippen molar-refractivity contribution in [1.82, 2.24) is 30.4 Å². The summed E-state index contributed by atoms with van der Waals surface area (Å²) < 4.78 is 0. The maximum atomic E-state index is 14.1. The fourth-order valence-electron chi connectivity index (χ4n) is 8.79. The lowest BCUT2D eigenvalue weighted by Gasteiger charge is -2.28. The molecule has 10 nitrogen and oxygen atoms in total. The molecule has 2 saturated heterocycles. The Kier molecular flexibility index (Phi) is 11.3. The van der Waals surface area contributed by atoms with Crippen molar-refractivity contribution in [3.8, 4) is 32.0 Å². The molecule has 2 aromatic heterocycles. The molecule has 6 aromatic rings. The van der Waals surface area contributed by atoms with Gasteiger partial charge in [0.15, 0.2) is 0 Å². The standard InChI is InChI=1S/C50H48N6O4S2/c57-45(37-23-24-37)53-43(35-9-3-1-4-10-35)49(59)55-27-7-13-39(55)47-51-29-41(61-47)33-19-15-31(16-20-33)32-17-21-34(22-18-32)42-30-52-48(62-42)40-14-8-28-56(40)50(60)44(36-11-5-2-6-12-36)54-46(58)38-25-26-38/h1-6,9-12,15-22,29-30,37-40,43-44H,7-8,13-14,23-28H2,(H,53,57)(H,54,58). The van der Waals surface area contributed by atoms with Gasteiger partial charge >= 0.3 is 0 Å². The second-order valence-corrected chi connectivity index (χ2v) is 19.0. The number of nitrogens with one attached hydrogen (secondary N) is 2. The highest BCUT2D eigenvalue weighted by Crippen LogP contribution is 2.42. The predicted molar refractivity (Wildman–Crippen MR) is 242 cm³/mol. The molecule has 2 aliphatic carbocycles. The normalized spacial score (nSPS) is 19.5. The van der Waals surface area contributed by atoms with Crippen LogP contribution in [0, 0.1) is 11.8 Å². The molecule has 4 amide bonds. The van der Waals surface area contributed by atoms with Crippen LogP contribution in [-0.4, -0.2) is 56.5 Å². The lowest BCUT2D eigenvalue weighted by atomic mass is 10.0. The molecule has 0 radical (unpaired) electrons. The number of hydrogen-bond donors (Lipinski definition) is 2. The van der Waals surface area contributed by atoms with Crippen LogP contribution in [0.4, 0.5) is 0 Å². The largest absolute Gasteiger partial charge is 0.340 e. The van der Waals surface area contributed by atoms with Gasteiger partial charge in [-0.2, -0.15) is 0 Å². The Hall–Kier alpha value is -5.98. The number of nitrogens with zero attached hydrogens (tertiary/aromatic N) is 4. The van der Waals surface area contributed by atoms with E-state index in [1.807, 2.05) is 82.9 Å². The zero-order valence-electron chi connectivity index (χ0n) is 34.3. The second-order valence-electron chi connectivity index (χ2n) is 16.9. The highest BCUT2D eigenvalue weighted by Gasteiger charge is 2.41. The Morgan fingerprint density at radius 3 is 1.24 bits per heavy atom. The molecule has 62 heavy (non-hydrogen) atoms. The minimum atomic E-state index is -0.711. The summed E-state index contributed by atoms with van der Waals surface area (Å²) in [6.07, 6.45) is 10.8. The van der Waals surface area contributed by atoms with Crippen LogP contribution >= 0.6 is 22.7 Å². The van der Waals surface area contributed by atoms with Crippen molar-refractivity contribution in [1.29, 1.82) is 0 Å². The van der Waals surface area contributed by atoms with Gasteiger partial charge in [-0.05, 0) is 84.7 Å². The monoisotopic (exact) mass is 860 g/mol. The van der Waals surface area contributed by atoms with E-state index in [0.717, 1.165) is 105 Å². The van der Waals surface area contributed by atoms with Gasteiger partial charge in [-0.3, -0.25) is 19.2 Å². The summed E-state index contributed by atoms with van der Waals surface area (Å²) in [5.74, 6) is -0.215. The van der Waals surface area contributed by atoms with Gasteiger partial charge in [0.2, 0.25) is 23.6 Å². The van der Waals surface area contributed by atoms with Gasteiger partial charge in [0.05, 0.1) is 21.8 Å². The third-order valence-electron chi connectivity index (χ3n) is 12.6. The van der Waals surface area contributed by atoms with Gasteiger partial charge in [0.1, 0.15) is 22.1 Å². The first-order valence-corrected chi connectivity index (χ1v) is 23.5. The predicted octanol–water partition coefficient (Wildman–Crippen LogP) is 9.46. The maximum absolute atomic E-state index is 14.1. The van der Waals surface area contributed by atoms with E-state index >= 15 is 0 Å². The molecule has 2 N–H and O–H groups in total. The van der Waals surface area contributed by atoms with Crippen molar-refractivity contribution in [2.75, 3.05) is 13.1 Å². The molecule has 0 spiro atoms. The number of likely N-dealkylation sites (tertiary alicyclic amines) is 2. The minimum Gasteiger partial charge on any atom is -0.340 e. The van der Waals surface area contributed by atoms with Gasteiger partial charge in [0, 0.05) is 37.3 Å². The molecular weight excluding hydrogens is 813 g/mol. The van der Waals surface area contributed by atoms with Crippen molar-refractivity contribution in [2.45, 2.75) is 75.5 Å². The number of carbonyl (C=O) groups is 4. The van der Waals surface area contributed by atoms with E-state index < -0.39 is 12.1 Å². The lowest BCUT2D eigenvalue weighted by Crippen LogP contribution is -2.43. The van der Waals surface area contributed by atoms with Crippen LogP contribution in [0.1, 0.15) is 96.7 Å². The van der Waals surface area contributed by atoms with Crippen molar-refractivity contribution in [3.05, 3.63) is 143 Å². The van der Waals surface area contributed by atoms with Crippen molar-refractivity contribution in [2.24, 2.45) is 11.8 Å². The molecule has 2 saturated carbocycles. The quantitative estimate of drug-likeness (QED) is 0.119. The van der Waals surface area contributed by atoms with E-state index in [1.165, 1.54) is 0 Å². The minimum absolute atomic E-state index is 0.0108. The van der Waals surface area contributed by atoms with Gasteiger partial charge in [-0.15, -0.1) is 22.7 Å². The number of amides is 4. The third-order valence-corrected chi connectivity index (χ3v) is 14.9. The summed E-state index contributed by atoms with van der Waals surface area (Å²) in [5.41, 5.74) is 5.95. The van der Waals surface area contributed by atoms with Crippen molar-refractivity contribution >= 4 is 46.3 Å². The van der Waals surface area contributed by atoms with Gasteiger partial charge in [-0.1, -0.05) is 109 Å². The molecule has 4 aromatic carbocycles. The Bertz CT molecular complexity index is 2390. The van der Waals surface area contributed by atoms with Gasteiger partial charge in [-0.25, -0.2) is 9.97 Å². The third kappa shape index (κ3) is 8.45. The number of aromatic nitrogens is 2. The van der Waals surface area contributed by atoms with Crippen LogP contribution < -0.4 is 10.6 Å². The van der Waals surface area contributed by atoms with Crippen LogP contribution in [0.5, 0.6) is 0 Å². The highest BCUT2D eigenvalue weighted by atomic mass is 32.1. The number of benzene rings is 4. The molecular formula is C50H48N6O4S2. The highest BCUT2D eigenvalue weighted by molar-refractivity contribution is 7.15. The fraction of sp³-hybridized carbons (Fsp3) is 0.320. The first kappa shape index (κ1) is 40.1. The maximum Gasteiger partial charge on any atom is 0.250 e. The average molecular weight is 861 g/mol. The zero-order chi connectivity index (χ0) is 42.2. The first-order chi connectivity index (χ1) is 30.4. The Balaban J connectivity index is 0.797. The summed E-state index contributed by atoms with van der Waals surface area (Å²) in [4.78, 5) is 69.5. The van der Waals surface area contributed by atoms with Crippen LogP contribution in [0.3, 0.4) is 0 Å². The van der Waals surface area contributed by atoms with E-state index in [4.69, 9.17) is 9.97 Å². The number of rotatable bonds is 13. The second kappa shape index (κ2) is 17.4. The molecule has 4 heterocycles. The summed E-state index contributed by atoms with van der Waals surface area (Å²) in [5, 5.41) is 7.96. The van der Waals surface area contributed by atoms with Crippen LogP contribution in [-0.2, 0) is 19.2 Å². The Morgan fingerprint density at radius 2 is 0.871 bits per heavy atom. The molecule has 4 fully saturated rings. The van der Waals surface area contributed by atoms with E-state index in [-0.39, 0.29) is 47.5 Å². The van der Waals surface area contributed by atoms with E-state index in [9.17, 15) is 19.2 Å². The number of thiazole rings is 2. The molecule has 4 aliphatic rings. The van der Waals surface area contributed by atoms with Gasteiger partial charge in [0.25, 0.3) is 0 Å². The molecule has 2 aliphatic heterocycles. The zero-order valence-corrected chi connectivity index (χ0v) is 36.0. The van der Waals surface area contributed by atoms with Crippen LogP contribution in [0.2, 0.25) is 0 Å². The van der Waals surface area contributed by atoms with Crippen molar-refractivity contribution in [3.63, 3.8) is 0 Å². The fourth-order valence-corrected chi connectivity index (χ4v) is 10.9. The summed E-state index contributed by atoms with van der Waals surface area (Å²) >= 11 is 3.25. The van der Waals surface area contributed by atoms with Crippen LogP contribution in [0.15, 0.2) is 122 Å². The molecule has 10 rings (SSSR count). The summed E-state index contributed by atoms with van der Waals surface area (Å²) in [7, 11) is 0. The smallest absolute Gasteiger partial charge is 0.250 e. The molecule has 0 bridgehead atoms. The SMILES string of the molecule is O=C(NC(C(=O)N1CCCC1c1ncc(-c2ccc(-c3ccc(-c4cnc(C5CCCN5C(=O)C(NC(=O)C5CC5)c5ccccc5)s4)cc3)cc2)s1)c1ccccc1)C1CC1. The van der Waals surface area contributed by atoms with E-state index in [1.54, 1.807) is 22.7 Å². The summed E-state index contributed by atoms with van der Waals surface area (Å²) in [6, 6.07) is 34.5. The topological polar surface area (TPSA) is 125 Å². The summed E-state index contributed by atoms with van der Waals surface area (Å²) in [6.45, 7) is 1.27. The average Bonchev–Trinajstić information content (AvgIpc) is 4.07. The Morgan fingerprint density at radius 1 is 0.500 bits per heavy atom. The number of carbonyl (C=O) groups excluding carboxylic acids is 4. The first-order valence-electron chi connectivity index (χ1n) is 21.8. The number of hydrogen-bond acceptors (Lipinski definition) is 8. The van der Waals surface area contributed by atoms with E-state index in [0.29, 0.717) is 13.1 Å².